The van der Waals surface area contributed by atoms with Gasteiger partial charge in [0.1, 0.15) is 0 Å². The molecule has 0 saturated heterocycles. The number of aliphatic hydroxyl groups is 1. The Morgan fingerprint density at radius 3 is 2.69 bits per heavy atom. The van der Waals surface area contributed by atoms with E-state index in [4.69, 9.17) is 10.8 Å². The molecule has 2 atom stereocenters. The van der Waals surface area contributed by atoms with E-state index < -0.39 is 0 Å². The van der Waals surface area contributed by atoms with Crippen molar-refractivity contribution in [3.05, 3.63) is 35.4 Å². The molecule has 0 amide bonds. The second-order valence-electron chi connectivity index (χ2n) is 3.55. The second kappa shape index (κ2) is 4.40. The number of hydrogen-bond donors (Lipinski definition) is 2. The molecular formula is C11H17NO. The van der Waals surface area contributed by atoms with Crippen molar-refractivity contribution in [1.82, 2.24) is 0 Å². The van der Waals surface area contributed by atoms with Gasteiger partial charge in [-0.3, -0.25) is 0 Å². The molecule has 1 aromatic carbocycles. The SMILES string of the molecule is Cc1cccc(C(C)C(N)CO)c1. The van der Waals surface area contributed by atoms with Gasteiger partial charge in [0.15, 0.2) is 0 Å². The summed E-state index contributed by atoms with van der Waals surface area (Å²) in [7, 11) is 0. The molecule has 0 aliphatic rings. The van der Waals surface area contributed by atoms with Crippen LogP contribution in [0.4, 0.5) is 0 Å². The van der Waals surface area contributed by atoms with Crippen molar-refractivity contribution in [3.8, 4) is 0 Å². The highest BCUT2D eigenvalue weighted by molar-refractivity contribution is 5.26. The van der Waals surface area contributed by atoms with Gasteiger partial charge in [-0.15, -0.1) is 0 Å². The summed E-state index contributed by atoms with van der Waals surface area (Å²) >= 11 is 0. The molecule has 0 saturated carbocycles. The second-order valence-corrected chi connectivity index (χ2v) is 3.55. The quantitative estimate of drug-likeness (QED) is 0.737. The molecule has 13 heavy (non-hydrogen) atoms. The van der Waals surface area contributed by atoms with E-state index in [0.717, 1.165) is 0 Å². The summed E-state index contributed by atoms with van der Waals surface area (Å²) in [5, 5.41) is 8.91. The van der Waals surface area contributed by atoms with E-state index >= 15 is 0 Å². The number of benzene rings is 1. The normalized spacial score (nSPS) is 15.4. The van der Waals surface area contributed by atoms with Crippen LogP contribution in [-0.2, 0) is 0 Å². The number of nitrogens with two attached hydrogens (primary N) is 1. The lowest BCUT2D eigenvalue weighted by Crippen LogP contribution is -2.30. The molecule has 0 heterocycles. The molecule has 3 N–H and O–H groups in total. The summed E-state index contributed by atoms with van der Waals surface area (Å²) in [6.07, 6.45) is 0. The predicted octanol–water partition coefficient (Wildman–Crippen LogP) is 1.42. The van der Waals surface area contributed by atoms with Gasteiger partial charge in [-0.2, -0.15) is 0 Å². The third-order valence-corrected chi connectivity index (χ3v) is 2.42. The topological polar surface area (TPSA) is 46.2 Å². The highest BCUT2D eigenvalue weighted by Crippen LogP contribution is 2.18. The first kappa shape index (κ1) is 10.2. The molecule has 72 valence electrons. The number of aliphatic hydroxyl groups excluding tert-OH is 1. The third kappa shape index (κ3) is 2.54. The van der Waals surface area contributed by atoms with Crippen molar-refractivity contribution < 1.29 is 5.11 Å². The summed E-state index contributed by atoms with van der Waals surface area (Å²) in [4.78, 5) is 0. The maximum atomic E-state index is 8.91. The van der Waals surface area contributed by atoms with E-state index in [9.17, 15) is 0 Å². The Bertz CT molecular complexity index is 273. The summed E-state index contributed by atoms with van der Waals surface area (Å²) in [6.45, 7) is 4.13. The van der Waals surface area contributed by atoms with Gasteiger partial charge in [0.25, 0.3) is 0 Å². The van der Waals surface area contributed by atoms with Crippen molar-refractivity contribution >= 4 is 0 Å². The van der Waals surface area contributed by atoms with E-state index in [1.807, 2.05) is 19.1 Å². The summed E-state index contributed by atoms with van der Waals surface area (Å²) in [5.74, 6) is 0.213. The largest absolute Gasteiger partial charge is 0.395 e. The van der Waals surface area contributed by atoms with Gasteiger partial charge in [0.05, 0.1) is 6.61 Å². The minimum atomic E-state index is -0.165. The van der Waals surface area contributed by atoms with Crippen molar-refractivity contribution in [2.75, 3.05) is 6.61 Å². The van der Waals surface area contributed by atoms with E-state index in [1.165, 1.54) is 11.1 Å². The summed E-state index contributed by atoms with van der Waals surface area (Å²) in [6, 6.07) is 8.07. The number of aryl methyl sites for hydroxylation is 1. The lowest BCUT2D eigenvalue weighted by Gasteiger charge is -2.18. The Morgan fingerprint density at radius 1 is 1.46 bits per heavy atom. The summed E-state index contributed by atoms with van der Waals surface area (Å²) in [5.41, 5.74) is 8.18. The van der Waals surface area contributed by atoms with E-state index in [2.05, 4.69) is 19.1 Å². The van der Waals surface area contributed by atoms with E-state index in [1.54, 1.807) is 0 Å². The zero-order chi connectivity index (χ0) is 9.84. The van der Waals surface area contributed by atoms with Gasteiger partial charge in [0, 0.05) is 6.04 Å². The Hall–Kier alpha value is -0.860. The first-order valence-corrected chi connectivity index (χ1v) is 4.58. The van der Waals surface area contributed by atoms with Gasteiger partial charge in [-0.05, 0) is 18.4 Å². The van der Waals surface area contributed by atoms with Crippen LogP contribution in [0.25, 0.3) is 0 Å². The molecule has 0 radical (unpaired) electrons. The Morgan fingerprint density at radius 2 is 2.15 bits per heavy atom. The number of rotatable bonds is 3. The Kier molecular flexibility index (Phi) is 3.46. The lowest BCUT2D eigenvalue weighted by atomic mass is 9.93. The van der Waals surface area contributed by atoms with Crippen LogP contribution < -0.4 is 5.73 Å². The highest BCUT2D eigenvalue weighted by Gasteiger charge is 2.13. The zero-order valence-corrected chi connectivity index (χ0v) is 8.20. The van der Waals surface area contributed by atoms with Gasteiger partial charge < -0.3 is 10.8 Å². The Labute approximate surface area is 79.4 Å². The molecule has 2 unspecified atom stereocenters. The average molecular weight is 179 g/mol. The molecule has 0 aliphatic carbocycles. The third-order valence-electron chi connectivity index (χ3n) is 2.42. The zero-order valence-electron chi connectivity index (χ0n) is 8.20. The van der Waals surface area contributed by atoms with Crippen LogP contribution in [-0.4, -0.2) is 17.8 Å². The molecular weight excluding hydrogens is 162 g/mol. The van der Waals surface area contributed by atoms with E-state index in [-0.39, 0.29) is 18.6 Å². The molecule has 1 aromatic rings. The molecule has 0 fully saturated rings. The van der Waals surface area contributed by atoms with Crippen LogP contribution in [0, 0.1) is 6.92 Å². The molecule has 1 rings (SSSR count). The van der Waals surface area contributed by atoms with Crippen molar-refractivity contribution in [2.45, 2.75) is 25.8 Å². The van der Waals surface area contributed by atoms with Crippen LogP contribution >= 0.6 is 0 Å². The van der Waals surface area contributed by atoms with Crippen LogP contribution in [0.5, 0.6) is 0 Å². The van der Waals surface area contributed by atoms with Crippen LogP contribution in [0.15, 0.2) is 24.3 Å². The Balaban J connectivity index is 2.82. The molecule has 0 spiro atoms. The van der Waals surface area contributed by atoms with E-state index in [0.29, 0.717) is 0 Å². The fourth-order valence-electron chi connectivity index (χ4n) is 1.36. The first-order chi connectivity index (χ1) is 6.15. The van der Waals surface area contributed by atoms with Gasteiger partial charge in [-0.25, -0.2) is 0 Å². The standard InChI is InChI=1S/C11H17NO/c1-8-4-3-5-10(6-8)9(2)11(12)7-13/h3-6,9,11,13H,7,12H2,1-2H3. The molecule has 0 aliphatic heterocycles. The van der Waals surface area contributed by atoms with Crippen LogP contribution in [0.2, 0.25) is 0 Å². The summed E-state index contributed by atoms with van der Waals surface area (Å²) < 4.78 is 0. The maximum Gasteiger partial charge on any atom is 0.0588 e. The maximum absolute atomic E-state index is 8.91. The van der Waals surface area contributed by atoms with Crippen molar-refractivity contribution in [2.24, 2.45) is 5.73 Å². The minimum Gasteiger partial charge on any atom is -0.395 e. The lowest BCUT2D eigenvalue weighted by molar-refractivity contribution is 0.252. The molecule has 0 bridgehead atoms. The predicted molar refractivity (Wildman–Crippen MR) is 54.7 cm³/mol. The minimum absolute atomic E-state index is 0.0368. The fourth-order valence-corrected chi connectivity index (χ4v) is 1.36. The number of hydrogen-bond acceptors (Lipinski definition) is 2. The van der Waals surface area contributed by atoms with Gasteiger partial charge in [-0.1, -0.05) is 36.8 Å². The van der Waals surface area contributed by atoms with Crippen LogP contribution in [0.3, 0.4) is 0 Å². The molecule has 2 heteroatoms. The first-order valence-electron chi connectivity index (χ1n) is 4.58. The smallest absolute Gasteiger partial charge is 0.0588 e. The van der Waals surface area contributed by atoms with Crippen molar-refractivity contribution in [3.63, 3.8) is 0 Å². The molecule has 2 nitrogen and oxygen atoms in total. The monoisotopic (exact) mass is 179 g/mol. The molecule has 0 aromatic heterocycles. The van der Waals surface area contributed by atoms with Gasteiger partial charge in [0.2, 0.25) is 0 Å². The van der Waals surface area contributed by atoms with Crippen molar-refractivity contribution in [1.29, 1.82) is 0 Å². The highest BCUT2D eigenvalue weighted by atomic mass is 16.3. The fraction of sp³-hybridized carbons (Fsp3) is 0.455. The van der Waals surface area contributed by atoms with Crippen LogP contribution in [0.1, 0.15) is 24.0 Å². The van der Waals surface area contributed by atoms with Gasteiger partial charge >= 0.3 is 0 Å². The average Bonchev–Trinajstić information content (AvgIpc) is 2.15.